The Hall–Kier alpha value is -3.02. The van der Waals surface area contributed by atoms with E-state index in [1.54, 1.807) is 23.1 Å². The van der Waals surface area contributed by atoms with Gasteiger partial charge in [-0.05, 0) is 12.5 Å². The van der Waals surface area contributed by atoms with Crippen molar-refractivity contribution in [3.8, 4) is 6.07 Å². The van der Waals surface area contributed by atoms with Crippen LogP contribution < -0.4 is 5.32 Å². The zero-order valence-electron chi connectivity index (χ0n) is 10.4. The third-order valence-corrected chi connectivity index (χ3v) is 2.56. The molecule has 0 aromatic carbocycles. The topological polar surface area (TPSA) is 123 Å². The maximum atomic E-state index is 11.0. The van der Waals surface area contributed by atoms with E-state index in [0.29, 0.717) is 19.5 Å². The first-order valence-corrected chi connectivity index (χ1v) is 5.84. The fourth-order valence-electron chi connectivity index (χ4n) is 1.66. The van der Waals surface area contributed by atoms with Crippen LogP contribution in [-0.2, 0) is 6.54 Å². The average molecular weight is 273 g/mol. The molecule has 9 nitrogen and oxygen atoms in total. The molecule has 0 radical (unpaired) electrons. The minimum absolute atomic E-state index is 0.0104. The van der Waals surface area contributed by atoms with Crippen LogP contribution in [0.15, 0.2) is 24.7 Å². The Labute approximate surface area is 114 Å². The van der Waals surface area contributed by atoms with Crippen LogP contribution in [0.2, 0.25) is 0 Å². The number of hydrogen-bond acceptors (Lipinski definition) is 7. The third-order valence-electron chi connectivity index (χ3n) is 2.56. The number of aryl methyl sites for hydroxylation is 1. The molecule has 2 rings (SSSR count). The van der Waals surface area contributed by atoms with Crippen molar-refractivity contribution in [1.29, 1.82) is 5.26 Å². The van der Waals surface area contributed by atoms with Gasteiger partial charge in [-0.1, -0.05) is 5.21 Å². The Kier molecular flexibility index (Phi) is 4.18. The van der Waals surface area contributed by atoms with Crippen LogP contribution in [0, 0.1) is 21.4 Å². The molecule has 9 heteroatoms. The normalized spacial score (nSPS) is 9.95. The monoisotopic (exact) mass is 273 g/mol. The van der Waals surface area contributed by atoms with Gasteiger partial charge >= 0.3 is 5.69 Å². The van der Waals surface area contributed by atoms with E-state index in [1.165, 1.54) is 12.3 Å². The first kappa shape index (κ1) is 13.4. The molecule has 0 amide bonds. The van der Waals surface area contributed by atoms with E-state index in [0.717, 1.165) is 0 Å². The van der Waals surface area contributed by atoms with E-state index in [1.807, 2.05) is 0 Å². The van der Waals surface area contributed by atoms with Crippen LogP contribution in [0.3, 0.4) is 0 Å². The summed E-state index contributed by atoms with van der Waals surface area (Å²) in [5, 5.41) is 30.2. The second kappa shape index (κ2) is 6.24. The van der Waals surface area contributed by atoms with Gasteiger partial charge in [-0.25, -0.2) is 4.98 Å². The van der Waals surface area contributed by atoms with Gasteiger partial charge < -0.3 is 5.32 Å². The van der Waals surface area contributed by atoms with Gasteiger partial charge in [0.2, 0.25) is 5.82 Å². The summed E-state index contributed by atoms with van der Waals surface area (Å²) in [6.07, 6.45) is 5.37. The van der Waals surface area contributed by atoms with E-state index < -0.39 is 4.92 Å². The number of hydrogen-bond donors (Lipinski definition) is 1. The van der Waals surface area contributed by atoms with Gasteiger partial charge in [0, 0.05) is 25.5 Å². The van der Waals surface area contributed by atoms with Crippen molar-refractivity contribution >= 4 is 11.5 Å². The lowest BCUT2D eigenvalue weighted by molar-refractivity contribution is -0.384. The summed E-state index contributed by atoms with van der Waals surface area (Å²) in [5.41, 5.74) is -0.306. The minimum atomic E-state index is -0.606. The number of pyridine rings is 1. The fourth-order valence-corrected chi connectivity index (χ4v) is 1.66. The summed E-state index contributed by atoms with van der Waals surface area (Å²) in [7, 11) is 0. The molecule has 2 aromatic heterocycles. The molecule has 0 atom stereocenters. The Morgan fingerprint density at radius 2 is 2.35 bits per heavy atom. The minimum Gasteiger partial charge on any atom is -0.364 e. The van der Waals surface area contributed by atoms with Gasteiger partial charge in [-0.2, -0.15) is 5.26 Å². The highest BCUT2D eigenvalue weighted by atomic mass is 16.6. The standard InChI is InChI=1S/C11H11N7O2/c12-8-9-2-4-14-11(10(9)18(19)20)13-3-1-6-17-7-5-15-16-17/h2,4-5,7H,1,3,6H2,(H,13,14). The lowest BCUT2D eigenvalue weighted by Crippen LogP contribution is -2.10. The maximum absolute atomic E-state index is 11.0. The van der Waals surface area contributed by atoms with E-state index in [-0.39, 0.29) is 17.1 Å². The quantitative estimate of drug-likeness (QED) is 0.472. The predicted molar refractivity (Wildman–Crippen MR) is 68.7 cm³/mol. The Morgan fingerprint density at radius 1 is 1.50 bits per heavy atom. The molecule has 0 spiro atoms. The molecular formula is C11H11N7O2. The third kappa shape index (κ3) is 3.05. The van der Waals surface area contributed by atoms with Gasteiger partial charge in [0.25, 0.3) is 0 Å². The van der Waals surface area contributed by atoms with Crippen molar-refractivity contribution in [3.05, 3.63) is 40.3 Å². The summed E-state index contributed by atoms with van der Waals surface area (Å²) in [6, 6.07) is 3.10. The van der Waals surface area contributed by atoms with Crippen LogP contribution in [-0.4, -0.2) is 31.4 Å². The molecule has 0 saturated heterocycles. The molecule has 2 heterocycles. The van der Waals surface area contributed by atoms with Crippen LogP contribution in [0.5, 0.6) is 0 Å². The Balaban J connectivity index is 1.99. The number of nitrogens with one attached hydrogen (secondary N) is 1. The number of nitrogens with zero attached hydrogens (tertiary/aromatic N) is 6. The molecular weight excluding hydrogens is 262 g/mol. The lowest BCUT2D eigenvalue weighted by atomic mass is 10.2. The van der Waals surface area contributed by atoms with Crippen molar-refractivity contribution in [2.45, 2.75) is 13.0 Å². The zero-order chi connectivity index (χ0) is 14.4. The van der Waals surface area contributed by atoms with Crippen molar-refractivity contribution in [1.82, 2.24) is 20.0 Å². The number of rotatable bonds is 6. The molecule has 0 aliphatic rings. The van der Waals surface area contributed by atoms with Gasteiger partial charge in [0.1, 0.15) is 11.6 Å². The van der Waals surface area contributed by atoms with Crippen molar-refractivity contribution in [3.63, 3.8) is 0 Å². The molecule has 0 fully saturated rings. The zero-order valence-corrected chi connectivity index (χ0v) is 10.4. The smallest absolute Gasteiger partial charge is 0.328 e. The summed E-state index contributed by atoms with van der Waals surface area (Å²) in [4.78, 5) is 14.3. The molecule has 1 N–H and O–H groups in total. The largest absolute Gasteiger partial charge is 0.364 e. The second-order valence-electron chi connectivity index (χ2n) is 3.87. The number of nitro groups is 1. The molecule has 0 aliphatic heterocycles. The molecule has 0 unspecified atom stereocenters. The van der Waals surface area contributed by atoms with E-state index >= 15 is 0 Å². The SMILES string of the molecule is N#Cc1ccnc(NCCCn2ccnn2)c1[N+](=O)[O-]. The molecule has 0 aliphatic carbocycles. The summed E-state index contributed by atoms with van der Waals surface area (Å²) in [5.74, 6) is 0.104. The molecule has 20 heavy (non-hydrogen) atoms. The Bertz CT molecular complexity index is 633. The summed E-state index contributed by atoms with van der Waals surface area (Å²) < 4.78 is 1.66. The first-order chi connectivity index (χ1) is 9.72. The average Bonchev–Trinajstić information content (AvgIpc) is 2.96. The highest BCUT2D eigenvalue weighted by molar-refractivity contribution is 5.63. The predicted octanol–water partition coefficient (Wildman–Crippen LogP) is 0.955. The fraction of sp³-hybridized carbons (Fsp3) is 0.273. The van der Waals surface area contributed by atoms with Crippen LogP contribution >= 0.6 is 0 Å². The van der Waals surface area contributed by atoms with Gasteiger partial charge in [0.05, 0.1) is 11.1 Å². The lowest BCUT2D eigenvalue weighted by Gasteiger charge is -2.06. The van der Waals surface area contributed by atoms with Crippen LogP contribution in [0.25, 0.3) is 0 Å². The Morgan fingerprint density at radius 3 is 3.00 bits per heavy atom. The van der Waals surface area contributed by atoms with Gasteiger partial charge in [-0.15, -0.1) is 5.10 Å². The molecule has 102 valence electrons. The van der Waals surface area contributed by atoms with E-state index in [9.17, 15) is 10.1 Å². The molecule has 0 saturated carbocycles. The number of nitriles is 1. The van der Waals surface area contributed by atoms with Crippen LogP contribution in [0.1, 0.15) is 12.0 Å². The van der Waals surface area contributed by atoms with Gasteiger partial charge in [0.15, 0.2) is 0 Å². The first-order valence-electron chi connectivity index (χ1n) is 5.84. The van der Waals surface area contributed by atoms with Crippen molar-refractivity contribution in [2.24, 2.45) is 0 Å². The molecule has 0 bridgehead atoms. The highest BCUT2D eigenvalue weighted by Gasteiger charge is 2.20. The second-order valence-corrected chi connectivity index (χ2v) is 3.87. The molecule has 2 aromatic rings. The van der Waals surface area contributed by atoms with E-state index in [4.69, 9.17) is 5.26 Å². The van der Waals surface area contributed by atoms with Crippen molar-refractivity contribution < 1.29 is 4.92 Å². The van der Waals surface area contributed by atoms with Crippen LogP contribution in [0.4, 0.5) is 11.5 Å². The van der Waals surface area contributed by atoms with E-state index in [2.05, 4.69) is 20.6 Å². The van der Waals surface area contributed by atoms with Crippen molar-refractivity contribution in [2.75, 3.05) is 11.9 Å². The summed E-state index contributed by atoms with van der Waals surface area (Å²) in [6.45, 7) is 1.11. The highest BCUT2D eigenvalue weighted by Crippen LogP contribution is 2.25. The summed E-state index contributed by atoms with van der Waals surface area (Å²) >= 11 is 0. The number of anilines is 1. The number of aromatic nitrogens is 4. The maximum Gasteiger partial charge on any atom is 0.328 e. The van der Waals surface area contributed by atoms with Gasteiger partial charge in [-0.3, -0.25) is 14.8 Å².